The van der Waals surface area contributed by atoms with Gasteiger partial charge in [-0.2, -0.15) is 0 Å². The number of anilines is 1. The molecule has 128 valence electrons. The summed E-state index contributed by atoms with van der Waals surface area (Å²) in [5.74, 6) is 0.418. The van der Waals surface area contributed by atoms with Gasteiger partial charge >= 0.3 is 0 Å². The first-order valence-corrected chi connectivity index (χ1v) is 8.72. The van der Waals surface area contributed by atoms with Crippen molar-refractivity contribution in [1.29, 1.82) is 0 Å². The van der Waals surface area contributed by atoms with Crippen LogP contribution >= 0.6 is 0 Å². The highest BCUT2D eigenvalue weighted by Gasteiger charge is 2.34. The van der Waals surface area contributed by atoms with E-state index in [0.29, 0.717) is 22.6 Å². The van der Waals surface area contributed by atoms with Crippen LogP contribution in [0.15, 0.2) is 23.1 Å². The molecule has 0 N–H and O–H groups in total. The number of nitro groups is 1. The molecular weight excluding hydrogens is 322 g/mol. The van der Waals surface area contributed by atoms with Gasteiger partial charge in [0.25, 0.3) is 15.7 Å². The van der Waals surface area contributed by atoms with Crippen molar-refractivity contribution >= 4 is 21.4 Å². The van der Waals surface area contributed by atoms with Crippen molar-refractivity contribution in [2.45, 2.75) is 31.2 Å². The normalized spacial score (nSPS) is 21.9. The number of sulfonamides is 1. The predicted molar refractivity (Wildman–Crippen MR) is 85.6 cm³/mol. The lowest BCUT2D eigenvalue weighted by Crippen LogP contribution is -2.33. The number of nitrogens with zero attached hydrogens (tertiary/aromatic N) is 3. The monoisotopic (exact) mass is 343 g/mol. The van der Waals surface area contributed by atoms with Crippen LogP contribution in [0, 0.1) is 16.0 Å². The Kier molecular flexibility index (Phi) is 4.92. The van der Waals surface area contributed by atoms with E-state index in [1.165, 1.54) is 26.3 Å². The number of benzene rings is 1. The molecule has 2 atom stereocenters. The predicted octanol–water partition coefficient (Wildman–Crippen LogP) is 2.01. The van der Waals surface area contributed by atoms with E-state index in [0.717, 1.165) is 12.5 Å². The maximum Gasteiger partial charge on any atom is 0.270 e. The van der Waals surface area contributed by atoms with Crippen LogP contribution in [-0.2, 0) is 14.9 Å². The second kappa shape index (κ2) is 6.42. The van der Waals surface area contributed by atoms with Crippen molar-refractivity contribution in [3.05, 3.63) is 28.3 Å². The summed E-state index contributed by atoms with van der Waals surface area (Å²) >= 11 is 0. The minimum atomic E-state index is -3.99. The fraction of sp³-hybridized carbons (Fsp3) is 0.571. The first-order chi connectivity index (χ1) is 10.7. The zero-order valence-electron chi connectivity index (χ0n) is 13.6. The molecule has 0 bridgehead atoms. The van der Waals surface area contributed by atoms with E-state index in [1.54, 1.807) is 0 Å². The summed E-state index contributed by atoms with van der Waals surface area (Å²) in [6.07, 6.45) is 0.942. The topological polar surface area (TPSA) is 93.0 Å². The SMILES string of the molecule is CON(C)S(=O)(=O)c1cc([N+](=O)[O-])ccc1N1CCC(C)C1C. The van der Waals surface area contributed by atoms with E-state index in [9.17, 15) is 18.5 Å². The van der Waals surface area contributed by atoms with Crippen LogP contribution in [0.1, 0.15) is 20.3 Å². The summed E-state index contributed by atoms with van der Waals surface area (Å²) in [4.78, 5) is 17.1. The van der Waals surface area contributed by atoms with Crippen LogP contribution in [0.4, 0.5) is 11.4 Å². The van der Waals surface area contributed by atoms with Gasteiger partial charge in [-0.3, -0.25) is 15.0 Å². The number of hydroxylamine groups is 1. The van der Waals surface area contributed by atoms with Gasteiger partial charge in [-0.15, -0.1) is 0 Å². The Morgan fingerprint density at radius 2 is 2.04 bits per heavy atom. The minimum absolute atomic E-state index is 0.114. The fourth-order valence-electron chi connectivity index (χ4n) is 2.73. The van der Waals surface area contributed by atoms with Crippen LogP contribution < -0.4 is 4.90 Å². The summed E-state index contributed by atoms with van der Waals surface area (Å²) in [6.45, 7) is 4.83. The van der Waals surface area contributed by atoms with E-state index in [1.807, 2.05) is 11.8 Å². The number of rotatable bonds is 5. The average molecular weight is 343 g/mol. The molecule has 0 aromatic heterocycles. The van der Waals surface area contributed by atoms with Crippen molar-refractivity contribution in [2.75, 3.05) is 25.6 Å². The molecular formula is C14H21N3O5S. The lowest BCUT2D eigenvalue weighted by atomic mass is 10.1. The van der Waals surface area contributed by atoms with Gasteiger partial charge in [0.15, 0.2) is 0 Å². The summed E-state index contributed by atoms with van der Waals surface area (Å²) in [5.41, 5.74) is 0.202. The second-order valence-electron chi connectivity index (χ2n) is 5.71. The highest BCUT2D eigenvalue weighted by Crippen LogP contribution is 2.36. The molecule has 1 aromatic carbocycles. The average Bonchev–Trinajstić information content (AvgIpc) is 2.85. The van der Waals surface area contributed by atoms with Crippen molar-refractivity contribution in [2.24, 2.45) is 5.92 Å². The van der Waals surface area contributed by atoms with Gasteiger partial charge < -0.3 is 4.90 Å². The Hall–Kier alpha value is -1.71. The second-order valence-corrected chi connectivity index (χ2v) is 7.61. The minimum Gasteiger partial charge on any atom is -0.367 e. The van der Waals surface area contributed by atoms with Gasteiger partial charge in [-0.25, -0.2) is 8.42 Å². The van der Waals surface area contributed by atoms with Crippen molar-refractivity contribution in [3.8, 4) is 0 Å². The highest BCUT2D eigenvalue weighted by molar-refractivity contribution is 7.89. The van der Waals surface area contributed by atoms with Crippen LogP contribution in [0.25, 0.3) is 0 Å². The smallest absolute Gasteiger partial charge is 0.270 e. The molecule has 23 heavy (non-hydrogen) atoms. The van der Waals surface area contributed by atoms with Crippen molar-refractivity contribution < 1.29 is 18.2 Å². The Morgan fingerprint density at radius 3 is 2.52 bits per heavy atom. The zero-order valence-corrected chi connectivity index (χ0v) is 14.4. The van der Waals surface area contributed by atoms with Gasteiger partial charge in [0.05, 0.1) is 17.7 Å². The van der Waals surface area contributed by atoms with Crippen molar-refractivity contribution in [1.82, 2.24) is 4.47 Å². The molecule has 1 fully saturated rings. The fourth-order valence-corrected chi connectivity index (χ4v) is 3.92. The Balaban J connectivity index is 2.61. The Bertz CT molecular complexity index is 706. The molecule has 2 rings (SSSR count). The summed E-state index contributed by atoms with van der Waals surface area (Å²) in [7, 11) is -1.50. The molecule has 1 aliphatic heterocycles. The lowest BCUT2D eigenvalue weighted by molar-refractivity contribution is -0.385. The Morgan fingerprint density at radius 1 is 1.39 bits per heavy atom. The summed E-state index contributed by atoms with van der Waals surface area (Å²) in [6, 6.07) is 4.08. The van der Waals surface area contributed by atoms with Gasteiger partial charge in [0, 0.05) is 31.8 Å². The first-order valence-electron chi connectivity index (χ1n) is 7.28. The van der Waals surface area contributed by atoms with Crippen LogP contribution in [-0.4, -0.2) is 44.6 Å². The maximum absolute atomic E-state index is 12.7. The Labute approximate surface area is 135 Å². The molecule has 9 heteroatoms. The standard InChI is InChI=1S/C14H21N3O5S/c1-10-7-8-16(11(10)2)13-6-5-12(17(18)19)9-14(13)23(20,21)15(3)22-4/h5-6,9-11H,7-8H2,1-4H3. The number of hydrogen-bond donors (Lipinski definition) is 0. The van der Waals surface area contributed by atoms with E-state index in [4.69, 9.17) is 4.84 Å². The summed E-state index contributed by atoms with van der Waals surface area (Å²) in [5, 5.41) is 11.0. The first kappa shape index (κ1) is 17.6. The van der Waals surface area contributed by atoms with Crippen LogP contribution in [0.3, 0.4) is 0 Å². The molecule has 0 aliphatic carbocycles. The highest BCUT2D eigenvalue weighted by atomic mass is 32.2. The summed E-state index contributed by atoms with van der Waals surface area (Å²) < 4.78 is 26.0. The maximum atomic E-state index is 12.7. The van der Waals surface area contributed by atoms with Gasteiger partial charge in [0.2, 0.25) is 0 Å². The van der Waals surface area contributed by atoms with Crippen LogP contribution in [0.5, 0.6) is 0 Å². The number of non-ortho nitro benzene ring substituents is 1. The molecule has 0 saturated carbocycles. The zero-order chi connectivity index (χ0) is 17.4. The van der Waals surface area contributed by atoms with Gasteiger partial charge in [0.1, 0.15) is 4.90 Å². The molecule has 1 aromatic rings. The van der Waals surface area contributed by atoms with Gasteiger partial charge in [-0.1, -0.05) is 11.4 Å². The third-order valence-electron chi connectivity index (χ3n) is 4.48. The molecule has 1 aliphatic rings. The third-order valence-corrected chi connectivity index (χ3v) is 6.19. The van der Waals surface area contributed by atoms with E-state index in [2.05, 4.69) is 6.92 Å². The molecule has 0 spiro atoms. The number of hydrogen-bond acceptors (Lipinski definition) is 6. The quantitative estimate of drug-likeness (QED) is 0.600. The van der Waals surface area contributed by atoms with Crippen LogP contribution in [0.2, 0.25) is 0 Å². The third kappa shape index (κ3) is 3.17. The molecule has 8 nitrogen and oxygen atoms in total. The molecule has 2 unspecified atom stereocenters. The number of nitro benzene ring substituents is 1. The van der Waals surface area contributed by atoms with E-state index < -0.39 is 14.9 Å². The molecule has 1 saturated heterocycles. The largest absolute Gasteiger partial charge is 0.367 e. The van der Waals surface area contributed by atoms with Gasteiger partial charge in [-0.05, 0) is 25.3 Å². The molecule has 0 amide bonds. The molecule has 1 heterocycles. The molecule has 0 radical (unpaired) electrons. The van der Waals surface area contributed by atoms with Crippen molar-refractivity contribution in [3.63, 3.8) is 0 Å². The lowest BCUT2D eigenvalue weighted by Gasteiger charge is -2.28. The van der Waals surface area contributed by atoms with E-state index in [-0.39, 0.29) is 16.6 Å². The van der Waals surface area contributed by atoms with E-state index >= 15 is 0 Å².